The number of likely N-dealkylation sites (tertiary alicyclic amines) is 1. The van der Waals surface area contributed by atoms with Gasteiger partial charge >= 0.3 is 0 Å². The Morgan fingerprint density at radius 1 is 1.17 bits per heavy atom. The molecule has 0 radical (unpaired) electrons. The molecule has 0 aliphatic carbocycles. The number of ether oxygens (including phenoxy) is 1. The molecule has 128 valence electrons. The van der Waals surface area contributed by atoms with Gasteiger partial charge < -0.3 is 15.0 Å². The summed E-state index contributed by atoms with van der Waals surface area (Å²) < 4.78 is 5.66. The van der Waals surface area contributed by atoms with Crippen LogP contribution in [0.15, 0.2) is 24.3 Å². The topological polar surface area (TPSA) is 41.6 Å². The molecule has 0 saturated carbocycles. The molecular formula is C18H27ClN2O2. The summed E-state index contributed by atoms with van der Waals surface area (Å²) >= 11 is 0. The maximum Gasteiger partial charge on any atom is 0.260 e. The summed E-state index contributed by atoms with van der Waals surface area (Å²) in [5.74, 6) is 2.14. The number of carbonyl (C=O) groups is 1. The lowest BCUT2D eigenvalue weighted by atomic mass is 9.87. The molecule has 0 aromatic heterocycles. The minimum Gasteiger partial charge on any atom is -0.484 e. The van der Waals surface area contributed by atoms with Gasteiger partial charge in [0.05, 0.1) is 0 Å². The second kappa shape index (κ2) is 7.10. The third kappa shape index (κ3) is 4.18. The summed E-state index contributed by atoms with van der Waals surface area (Å²) in [7, 11) is 0. The van der Waals surface area contributed by atoms with Gasteiger partial charge in [0.1, 0.15) is 5.75 Å². The molecule has 2 atom stereocenters. The van der Waals surface area contributed by atoms with Gasteiger partial charge in [-0.1, -0.05) is 32.9 Å². The molecule has 2 aliphatic rings. The summed E-state index contributed by atoms with van der Waals surface area (Å²) in [6, 6.07) is 8.06. The first-order valence-corrected chi connectivity index (χ1v) is 8.15. The molecule has 0 spiro atoms. The van der Waals surface area contributed by atoms with Crippen molar-refractivity contribution >= 4 is 18.3 Å². The number of carbonyl (C=O) groups excluding carboxylic acids is 1. The quantitative estimate of drug-likeness (QED) is 0.920. The molecule has 3 rings (SSSR count). The van der Waals surface area contributed by atoms with Crippen LogP contribution in [0.25, 0.3) is 0 Å². The van der Waals surface area contributed by atoms with E-state index in [1.807, 2.05) is 17.0 Å². The average Bonchev–Trinajstić information content (AvgIpc) is 3.05. The Bertz CT molecular complexity index is 527. The number of nitrogens with one attached hydrogen (secondary N) is 1. The van der Waals surface area contributed by atoms with Crippen molar-refractivity contribution in [3.63, 3.8) is 0 Å². The van der Waals surface area contributed by atoms with E-state index in [-0.39, 0.29) is 30.3 Å². The van der Waals surface area contributed by atoms with Crippen molar-refractivity contribution in [2.24, 2.45) is 11.8 Å². The Balaban J connectivity index is 0.00000192. The van der Waals surface area contributed by atoms with Crippen molar-refractivity contribution < 1.29 is 9.53 Å². The predicted octanol–water partition coefficient (Wildman–Crippen LogP) is 2.46. The standard InChI is InChI=1S/C18H26N2O2.ClH/c1-18(2,3)15-4-6-16(7-5-15)22-12-17(21)20-10-13-8-19-9-14(13)11-20;/h4-7,13-14,19H,8-12H2,1-3H3;1H/t13-,14+;. The molecule has 1 aromatic rings. The van der Waals surface area contributed by atoms with E-state index < -0.39 is 0 Å². The van der Waals surface area contributed by atoms with E-state index >= 15 is 0 Å². The molecule has 4 nitrogen and oxygen atoms in total. The fraction of sp³-hybridized carbons (Fsp3) is 0.611. The number of hydrogen-bond donors (Lipinski definition) is 1. The largest absolute Gasteiger partial charge is 0.484 e. The van der Waals surface area contributed by atoms with Crippen LogP contribution in [0.5, 0.6) is 5.75 Å². The van der Waals surface area contributed by atoms with Gasteiger partial charge in [-0.2, -0.15) is 0 Å². The molecule has 1 amide bonds. The molecule has 2 fully saturated rings. The first kappa shape index (κ1) is 18.1. The van der Waals surface area contributed by atoms with Crippen LogP contribution in [0.2, 0.25) is 0 Å². The van der Waals surface area contributed by atoms with Crippen molar-refractivity contribution in [2.75, 3.05) is 32.8 Å². The molecule has 2 saturated heterocycles. The molecule has 1 aromatic carbocycles. The predicted molar refractivity (Wildman–Crippen MR) is 94.3 cm³/mol. The minimum atomic E-state index is 0. The molecule has 0 bridgehead atoms. The fourth-order valence-corrected chi connectivity index (χ4v) is 3.35. The SMILES string of the molecule is CC(C)(C)c1ccc(OCC(=O)N2C[C@H]3CNC[C@H]3C2)cc1.Cl. The number of hydrogen-bond acceptors (Lipinski definition) is 3. The number of benzene rings is 1. The number of amides is 1. The minimum absolute atomic E-state index is 0. The molecule has 5 heteroatoms. The summed E-state index contributed by atoms with van der Waals surface area (Å²) in [6.45, 7) is 10.5. The Morgan fingerprint density at radius 2 is 1.74 bits per heavy atom. The zero-order chi connectivity index (χ0) is 15.7. The van der Waals surface area contributed by atoms with E-state index in [1.54, 1.807) is 0 Å². The molecular weight excluding hydrogens is 312 g/mol. The van der Waals surface area contributed by atoms with Gasteiger partial charge in [-0.15, -0.1) is 12.4 Å². The van der Waals surface area contributed by atoms with E-state index in [4.69, 9.17) is 4.74 Å². The smallest absolute Gasteiger partial charge is 0.260 e. The number of fused-ring (bicyclic) bond motifs is 1. The van der Waals surface area contributed by atoms with Crippen molar-refractivity contribution in [1.82, 2.24) is 10.2 Å². The van der Waals surface area contributed by atoms with Gasteiger partial charge in [-0.3, -0.25) is 4.79 Å². The fourth-order valence-electron chi connectivity index (χ4n) is 3.35. The second-order valence-corrected chi connectivity index (χ2v) is 7.54. The van der Waals surface area contributed by atoms with Crippen LogP contribution in [0, 0.1) is 11.8 Å². The van der Waals surface area contributed by atoms with Gasteiger partial charge in [-0.25, -0.2) is 0 Å². The number of halogens is 1. The zero-order valence-corrected chi connectivity index (χ0v) is 15.0. The van der Waals surface area contributed by atoms with Crippen LogP contribution in [0.4, 0.5) is 0 Å². The van der Waals surface area contributed by atoms with Crippen molar-refractivity contribution in [2.45, 2.75) is 26.2 Å². The lowest BCUT2D eigenvalue weighted by Crippen LogP contribution is -2.35. The van der Waals surface area contributed by atoms with Crippen LogP contribution in [0.1, 0.15) is 26.3 Å². The summed E-state index contributed by atoms with van der Waals surface area (Å²) in [5, 5.41) is 3.39. The van der Waals surface area contributed by atoms with E-state index in [9.17, 15) is 4.79 Å². The zero-order valence-electron chi connectivity index (χ0n) is 14.2. The third-order valence-electron chi connectivity index (χ3n) is 4.82. The normalized spacial score (nSPS) is 23.3. The van der Waals surface area contributed by atoms with Gasteiger partial charge in [-0.05, 0) is 34.9 Å². The lowest BCUT2D eigenvalue weighted by molar-refractivity contribution is -0.132. The highest BCUT2D eigenvalue weighted by Crippen LogP contribution is 2.27. The van der Waals surface area contributed by atoms with Gasteiger partial charge in [0, 0.05) is 26.2 Å². The lowest BCUT2D eigenvalue weighted by Gasteiger charge is -2.20. The number of nitrogens with zero attached hydrogens (tertiary/aromatic N) is 1. The maximum atomic E-state index is 12.3. The summed E-state index contributed by atoms with van der Waals surface area (Å²) in [4.78, 5) is 14.2. The second-order valence-electron chi connectivity index (χ2n) is 7.54. The highest BCUT2D eigenvalue weighted by Gasteiger charge is 2.37. The van der Waals surface area contributed by atoms with Crippen LogP contribution >= 0.6 is 12.4 Å². The highest BCUT2D eigenvalue weighted by molar-refractivity contribution is 5.85. The van der Waals surface area contributed by atoms with Crippen LogP contribution < -0.4 is 10.1 Å². The van der Waals surface area contributed by atoms with Crippen LogP contribution in [0.3, 0.4) is 0 Å². The molecule has 23 heavy (non-hydrogen) atoms. The molecule has 0 unspecified atom stereocenters. The molecule has 1 N–H and O–H groups in total. The summed E-state index contributed by atoms with van der Waals surface area (Å²) in [5.41, 5.74) is 1.40. The van der Waals surface area contributed by atoms with Crippen molar-refractivity contribution in [3.8, 4) is 5.75 Å². The maximum absolute atomic E-state index is 12.3. The first-order chi connectivity index (χ1) is 10.4. The monoisotopic (exact) mass is 338 g/mol. The molecule has 2 aliphatic heterocycles. The Morgan fingerprint density at radius 3 is 2.26 bits per heavy atom. The Hall–Kier alpha value is -1.26. The van der Waals surface area contributed by atoms with E-state index in [2.05, 4.69) is 38.2 Å². The first-order valence-electron chi connectivity index (χ1n) is 8.15. The van der Waals surface area contributed by atoms with Crippen molar-refractivity contribution in [3.05, 3.63) is 29.8 Å². The number of rotatable bonds is 3. The van der Waals surface area contributed by atoms with Gasteiger partial charge in [0.15, 0.2) is 6.61 Å². The molecule has 2 heterocycles. The van der Waals surface area contributed by atoms with Crippen LogP contribution in [-0.2, 0) is 10.2 Å². The average molecular weight is 339 g/mol. The third-order valence-corrected chi connectivity index (χ3v) is 4.82. The van der Waals surface area contributed by atoms with Gasteiger partial charge in [0.2, 0.25) is 0 Å². The summed E-state index contributed by atoms with van der Waals surface area (Å²) in [6.07, 6.45) is 0. The van der Waals surface area contributed by atoms with Crippen LogP contribution in [-0.4, -0.2) is 43.6 Å². The van der Waals surface area contributed by atoms with E-state index in [0.717, 1.165) is 31.9 Å². The van der Waals surface area contributed by atoms with Gasteiger partial charge in [0.25, 0.3) is 5.91 Å². The van der Waals surface area contributed by atoms with E-state index in [0.29, 0.717) is 11.8 Å². The Labute approximate surface area is 145 Å². The highest BCUT2D eigenvalue weighted by atomic mass is 35.5. The van der Waals surface area contributed by atoms with E-state index in [1.165, 1.54) is 5.56 Å². The van der Waals surface area contributed by atoms with Crippen molar-refractivity contribution in [1.29, 1.82) is 0 Å². The Kier molecular flexibility index (Phi) is 5.58.